The van der Waals surface area contributed by atoms with Crippen LogP contribution >= 0.6 is 11.6 Å². The summed E-state index contributed by atoms with van der Waals surface area (Å²) in [6.45, 7) is 6.28. The predicted molar refractivity (Wildman–Crippen MR) is 74.1 cm³/mol. The van der Waals surface area contributed by atoms with Crippen LogP contribution in [0.4, 0.5) is 5.69 Å². The monoisotopic (exact) mass is 267 g/mol. The number of anilines is 1. The Morgan fingerprint density at radius 2 is 2.44 bits per heavy atom. The molecule has 1 fully saturated rings. The number of aromatic nitrogens is 2. The molecule has 98 valence electrons. The molecular weight excluding hydrogens is 250 g/mol. The fourth-order valence-electron chi connectivity index (χ4n) is 1.94. The molecular formula is C13H18ClN3O. The number of hydrogen-bond donors (Lipinski definition) is 1. The summed E-state index contributed by atoms with van der Waals surface area (Å²) in [7, 11) is 0. The molecule has 1 N–H and O–H groups in total. The normalized spacial score (nSPS) is 17.0. The van der Waals surface area contributed by atoms with Crippen LogP contribution in [0.25, 0.3) is 0 Å². The molecule has 1 aliphatic carbocycles. The molecule has 1 heterocycles. The maximum atomic E-state index is 12.2. The molecule has 0 aromatic carbocycles. The Hall–Kier alpha value is -1.29. The standard InChI is InChI=1S/C13H18ClN3O/c1-3-9(2)16-12-11(14)7-15-17(13(12)18)8-10-5-4-6-10/h3,7,9-10,16H,1,4-6,8H2,2H3. The SMILES string of the molecule is C=CC(C)Nc1c(Cl)cnn(CC2CCC2)c1=O. The predicted octanol–water partition coefficient (Wildman–Crippen LogP) is 2.68. The summed E-state index contributed by atoms with van der Waals surface area (Å²) in [5, 5.41) is 7.51. The largest absolute Gasteiger partial charge is 0.373 e. The first-order valence-electron chi connectivity index (χ1n) is 6.26. The molecule has 1 atom stereocenters. The van der Waals surface area contributed by atoms with Crippen molar-refractivity contribution < 1.29 is 0 Å². The lowest BCUT2D eigenvalue weighted by Crippen LogP contribution is -2.32. The third-order valence-electron chi connectivity index (χ3n) is 3.38. The highest BCUT2D eigenvalue weighted by Crippen LogP contribution is 2.27. The molecule has 0 spiro atoms. The van der Waals surface area contributed by atoms with Crippen LogP contribution in [0.2, 0.25) is 5.02 Å². The number of nitrogens with one attached hydrogen (secondary N) is 1. The van der Waals surface area contributed by atoms with Gasteiger partial charge in [-0.3, -0.25) is 4.79 Å². The van der Waals surface area contributed by atoms with Crippen molar-refractivity contribution >= 4 is 17.3 Å². The Morgan fingerprint density at radius 1 is 1.72 bits per heavy atom. The van der Waals surface area contributed by atoms with E-state index in [4.69, 9.17) is 11.6 Å². The minimum atomic E-state index is -0.150. The van der Waals surface area contributed by atoms with Crippen LogP contribution < -0.4 is 10.9 Å². The van der Waals surface area contributed by atoms with Gasteiger partial charge in [0.05, 0.1) is 11.2 Å². The summed E-state index contributed by atoms with van der Waals surface area (Å²) < 4.78 is 1.51. The van der Waals surface area contributed by atoms with E-state index in [9.17, 15) is 4.79 Å². The molecule has 1 unspecified atom stereocenters. The lowest BCUT2D eigenvalue weighted by Gasteiger charge is -2.25. The average molecular weight is 268 g/mol. The fourth-order valence-corrected chi connectivity index (χ4v) is 2.11. The van der Waals surface area contributed by atoms with E-state index in [-0.39, 0.29) is 11.6 Å². The second-order valence-electron chi connectivity index (χ2n) is 4.82. The topological polar surface area (TPSA) is 46.9 Å². The molecule has 1 saturated carbocycles. The number of nitrogens with zero attached hydrogens (tertiary/aromatic N) is 2. The summed E-state index contributed by atoms with van der Waals surface area (Å²) in [6.07, 6.45) is 6.88. The highest BCUT2D eigenvalue weighted by Gasteiger charge is 2.20. The zero-order chi connectivity index (χ0) is 13.1. The van der Waals surface area contributed by atoms with E-state index in [1.807, 2.05) is 6.92 Å². The molecule has 2 rings (SSSR count). The van der Waals surface area contributed by atoms with Crippen molar-refractivity contribution in [2.24, 2.45) is 5.92 Å². The van der Waals surface area contributed by atoms with Crippen molar-refractivity contribution in [1.29, 1.82) is 0 Å². The van der Waals surface area contributed by atoms with Gasteiger partial charge in [-0.25, -0.2) is 4.68 Å². The molecule has 0 bridgehead atoms. The van der Waals surface area contributed by atoms with Crippen molar-refractivity contribution in [2.45, 2.75) is 38.8 Å². The van der Waals surface area contributed by atoms with Crippen LogP contribution in [0.1, 0.15) is 26.2 Å². The molecule has 0 saturated heterocycles. The van der Waals surface area contributed by atoms with Gasteiger partial charge in [-0.05, 0) is 25.7 Å². The Bertz CT molecular complexity index is 493. The minimum Gasteiger partial charge on any atom is -0.373 e. The Balaban J connectivity index is 2.24. The molecule has 0 radical (unpaired) electrons. The van der Waals surface area contributed by atoms with Gasteiger partial charge in [0.1, 0.15) is 5.69 Å². The van der Waals surface area contributed by atoms with Gasteiger partial charge in [0.15, 0.2) is 0 Å². The Morgan fingerprint density at radius 3 is 3.00 bits per heavy atom. The molecule has 0 amide bonds. The third kappa shape index (κ3) is 2.75. The van der Waals surface area contributed by atoms with Crippen LogP contribution in [0.15, 0.2) is 23.6 Å². The number of hydrogen-bond acceptors (Lipinski definition) is 3. The van der Waals surface area contributed by atoms with E-state index in [0.29, 0.717) is 23.2 Å². The zero-order valence-electron chi connectivity index (χ0n) is 10.5. The van der Waals surface area contributed by atoms with Gasteiger partial charge in [0.2, 0.25) is 0 Å². The maximum absolute atomic E-state index is 12.2. The summed E-state index contributed by atoms with van der Waals surface area (Å²) in [5.41, 5.74) is 0.265. The van der Waals surface area contributed by atoms with Gasteiger partial charge in [-0.15, -0.1) is 6.58 Å². The maximum Gasteiger partial charge on any atom is 0.291 e. The van der Waals surface area contributed by atoms with Crippen molar-refractivity contribution in [2.75, 3.05) is 5.32 Å². The number of rotatable bonds is 5. The fraction of sp³-hybridized carbons (Fsp3) is 0.538. The minimum absolute atomic E-state index is 0.00486. The van der Waals surface area contributed by atoms with E-state index in [1.165, 1.54) is 30.1 Å². The molecule has 5 heteroatoms. The van der Waals surface area contributed by atoms with Gasteiger partial charge in [-0.2, -0.15) is 5.10 Å². The first-order chi connectivity index (χ1) is 8.61. The average Bonchev–Trinajstić information content (AvgIpc) is 2.31. The first-order valence-corrected chi connectivity index (χ1v) is 6.64. The summed E-state index contributed by atoms with van der Waals surface area (Å²) in [5.74, 6) is 0.584. The molecule has 1 aliphatic rings. The first kappa shape index (κ1) is 13.1. The van der Waals surface area contributed by atoms with E-state index >= 15 is 0 Å². The molecule has 0 aliphatic heterocycles. The van der Waals surface area contributed by atoms with Gasteiger partial charge >= 0.3 is 0 Å². The van der Waals surface area contributed by atoms with E-state index in [0.717, 1.165) is 0 Å². The highest BCUT2D eigenvalue weighted by atomic mass is 35.5. The smallest absolute Gasteiger partial charge is 0.291 e. The summed E-state index contributed by atoms with van der Waals surface area (Å²) in [6, 6.07) is -0.00486. The van der Waals surface area contributed by atoms with Gasteiger partial charge < -0.3 is 5.32 Å². The quantitative estimate of drug-likeness (QED) is 0.835. The summed E-state index contributed by atoms with van der Waals surface area (Å²) in [4.78, 5) is 12.2. The van der Waals surface area contributed by atoms with Crippen LogP contribution in [0.5, 0.6) is 0 Å². The van der Waals surface area contributed by atoms with E-state index in [2.05, 4.69) is 17.0 Å². The van der Waals surface area contributed by atoms with Crippen LogP contribution in [-0.4, -0.2) is 15.8 Å². The van der Waals surface area contributed by atoms with E-state index < -0.39 is 0 Å². The Kier molecular flexibility index (Phi) is 4.07. The molecule has 18 heavy (non-hydrogen) atoms. The van der Waals surface area contributed by atoms with Crippen LogP contribution in [-0.2, 0) is 6.54 Å². The van der Waals surface area contributed by atoms with Gasteiger partial charge in [0, 0.05) is 12.6 Å². The van der Waals surface area contributed by atoms with Crippen LogP contribution in [0, 0.1) is 5.92 Å². The van der Waals surface area contributed by atoms with Crippen molar-refractivity contribution in [3.05, 3.63) is 34.2 Å². The lowest BCUT2D eigenvalue weighted by atomic mass is 9.85. The van der Waals surface area contributed by atoms with Gasteiger partial charge in [-0.1, -0.05) is 24.1 Å². The van der Waals surface area contributed by atoms with Gasteiger partial charge in [0.25, 0.3) is 5.56 Å². The Labute approximate surface area is 112 Å². The highest BCUT2D eigenvalue weighted by molar-refractivity contribution is 6.33. The second-order valence-corrected chi connectivity index (χ2v) is 5.23. The molecule has 1 aromatic rings. The second kappa shape index (κ2) is 5.57. The lowest BCUT2D eigenvalue weighted by molar-refractivity contribution is 0.262. The number of halogens is 1. The van der Waals surface area contributed by atoms with Crippen molar-refractivity contribution in [1.82, 2.24) is 9.78 Å². The van der Waals surface area contributed by atoms with Crippen molar-refractivity contribution in [3.8, 4) is 0 Å². The third-order valence-corrected chi connectivity index (χ3v) is 3.67. The summed E-state index contributed by atoms with van der Waals surface area (Å²) >= 11 is 6.01. The van der Waals surface area contributed by atoms with Crippen LogP contribution in [0.3, 0.4) is 0 Å². The van der Waals surface area contributed by atoms with Crippen molar-refractivity contribution in [3.63, 3.8) is 0 Å². The molecule has 1 aromatic heterocycles. The molecule has 4 nitrogen and oxygen atoms in total. The zero-order valence-corrected chi connectivity index (χ0v) is 11.3. The van der Waals surface area contributed by atoms with E-state index in [1.54, 1.807) is 6.08 Å².